The number of benzene rings is 1. The van der Waals surface area contributed by atoms with Crippen molar-refractivity contribution in [1.82, 2.24) is 15.2 Å². The van der Waals surface area contributed by atoms with E-state index in [2.05, 4.69) is 26.5 Å². The van der Waals surface area contributed by atoms with Crippen LogP contribution in [0.3, 0.4) is 0 Å². The van der Waals surface area contributed by atoms with Crippen molar-refractivity contribution >= 4 is 15.9 Å². The van der Waals surface area contributed by atoms with Gasteiger partial charge >= 0.3 is 0 Å². The molecule has 0 saturated carbocycles. The van der Waals surface area contributed by atoms with Crippen LogP contribution in [-0.2, 0) is 17.7 Å². The number of hydrogen-bond acceptors (Lipinski definition) is 4. The molecule has 0 saturated heterocycles. The van der Waals surface area contributed by atoms with Gasteiger partial charge in [-0.3, -0.25) is 16.0 Å². The maximum Gasteiger partial charge on any atom is 0.123 e. The number of methoxy groups -OCH3 is 1. The molecule has 0 amide bonds. The van der Waals surface area contributed by atoms with E-state index in [4.69, 9.17) is 10.6 Å². The summed E-state index contributed by atoms with van der Waals surface area (Å²) in [5, 5.41) is 4.31. The first-order valence-corrected chi connectivity index (χ1v) is 7.35. The summed E-state index contributed by atoms with van der Waals surface area (Å²) in [5.41, 5.74) is 4.73. The lowest BCUT2D eigenvalue weighted by molar-refractivity contribution is 0.181. The van der Waals surface area contributed by atoms with Crippen molar-refractivity contribution in [2.75, 3.05) is 13.7 Å². The van der Waals surface area contributed by atoms with Gasteiger partial charge in [0.1, 0.15) is 5.82 Å². The van der Waals surface area contributed by atoms with Crippen molar-refractivity contribution in [3.8, 4) is 0 Å². The largest absolute Gasteiger partial charge is 0.383 e. The van der Waals surface area contributed by atoms with Crippen LogP contribution < -0.4 is 11.3 Å². The molecule has 1 unspecified atom stereocenters. The minimum Gasteiger partial charge on any atom is -0.383 e. The van der Waals surface area contributed by atoms with Crippen molar-refractivity contribution in [2.45, 2.75) is 19.0 Å². The van der Waals surface area contributed by atoms with Gasteiger partial charge in [0.15, 0.2) is 0 Å². The van der Waals surface area contributed by atoms with Gasteiger partial charge in [-0.1, -0.05) is 12.1 Å². The molecule has 21 heavy (non-hydrogen) atoms. The summed E-state index contributed by atoms with van der Waals surface area (Å²) in [6.45, 7) is 1.20. The fourth-order valence-corrected chi connectivity index (χ4v) is 2.74. The molecular weight excluding hydrogens is 339 g/mol. The van der Waals surface area contributed by atoms with Gasteiger partial charge in [-0.25, -0.2) is 4.39 Å². The summed E-state index contributed by atoms with van der Waals surface area (Å²) in [4.78, 5) is 0. The molecule has 0 bridgehead atoms. The number of nitrogens with one attached hydrogen (secondary N) is 1. The van der Waals surface area contributed by atoms with Crippen molar-refractivity contribution in [3.63, 3.8) is 0 Å². The normalized spacial score (nSPS) is 12.6. The lowest BCUT2D eigenvalue weighted by atomic mass is 10.0. The molecule has 5 nitrogen and oxygen atoms in total. The van der Waals surface area contributed by atoms with Crippen LogP contribution in [0.15, 0.2) is 34.9 Å². The first-order valence-electron chi connectivity index (χ1n) is 6.56. The van der Waals surface area contributed by atoms with Gasteiger partial charge in [0.25, 0.3) is 0 Å². The number of ether oxygens (including phenoxy) is 1. The number of nitrogens with zero attached hydrogens (tertiary/aromatic N) is 2. The Balaban J connectivity index is 2.20. The topological polar surface area (TPSA) is 65.1 Å². The summed E-state index contributed by atoms with van der Waals surface area (Å²) in [6.07, 6.45) is 2.37. The van der Waals surface area contributed by atoms with E-state index in [0.29, 0.717) is 19.6 Å². The molecule has 7 heteroatoms. The predicted molar refractivity (Wildman–Crippen MR) is 82.0 cm³/mol. The third-order valence-electron chi connectivity index (χ3n) is 3.22. The Morgan fingerprint density at radius 1 is 1.43 bits per heavy atom. The fraction of sp³-hybridized carbons (Fsp3) is 0.357. The van der Waals surface area contributed by atoms with Crippen LogP contribution in [0.2, 0.25) is 0 Å². The Hall–Kier alpha value is -1.28. The van der Waals surface area contributed by atoms with Gasteiger partial charge in [-0.2, -0.15) is 5.10 Å². The minimum absolute atomic E-state index is 0.135. The number of nitrogens with two attached hydrogens (primary N) is 1. The number of hydrazine groups is 1. The number of aromatic nitrogens is 2. The molecule has 1 heterocycles. The van der Waals surface area contributed by atoms with Crippen LogP contribution in [0.25, 0.3) is 0 Å². The quantitative estimate of drug-likeness (QED) is 0.589. The molecule has 0 radical (unpaired) electrons. The Morgan fingerprint density at radius 3 is 2.76 bits per heavy atom. The van der Waals surface area contributed by atoms with Crippen LogP contribution in [0.4, 0.5) is 4.39 Å². The van der Waals surface area contributed by atoms with Gasteiger partial charge in [0.05, 0.1) is 35.6 Å². The molecule has 1 atom stereocenters. The van der Waals surface area contributed by atoms with E-state index in [1.165, 1.54) is 12.1 Å². The second-order valence-electron chi connectivity index (χ2n) is 4.64. The summed E-state index contributed by atoms with van der Waals surface area (Å²) in [6, 6.07) is 6.26. The van der Waals surface area contributed by atoms with Crippen LogP contribution in [0.1, 0.15) is 17.3 Å². The van der Waals surface area contributed by atoms with Crippen molar-refractivity contribution in [3.05, 3.63) is 52.0 Å². The average molecular weight is 357 g/mol. The van der Waals surface area contributed by atoms with Crippen LogP contribution in [-0.4, -0.2) is 23.5 Å². The van der Waals surface area contributed by atoms with Crippen LogP contribution in [0.5, 0.6) is 0 Å². The molecule has 0 aliphatic heterocycles. The molecule has 2 aromatic rings. The molecule has 1 aromatic carbocycles. The molecule has 3 N–H and O–H groups in total. The lowest BCUT2D eigenvalue weighted by Crippen LogP contribution is -2.32. The minimum atomic E-state index is -0.248. The van der Waals surface area contributed by atoms with Crippen molar-refractivity contribution < 1.29 is 9.13 Å². The van der Waals surface area contributed by atoms with Crippen molar-refractivity contribution in [1.29, 1.82) is 0 Å². The third kappa shape index (κ3) is 4.10. The fourth-order valence-electron chi connectivity index (χ4n) is 2.17. The summed E-state index contributed by atoms with van der Waals surface area (Å²) >= 11 is 3.50. The second-order valence-corrected chi connectivity index (χ2v) is 5.50. The molecule has 0 aliphatic carbocycles. The number of rotatable bonds is 7. The maximum atomic E-state index is 13.0. The van der Waals surface area contributed by atoms with Crippen LogP contribution >= 0.6 is 15.9 Å². The van der Waals surface area contributed by atoms with E-state index in [-0.39, 0.29) is 11.9 Å². The lowest BCUT2D eigenvalue weighted by Gasteiger charge is -2.18. The summed E-state index contributed by atoms with van der Waals surface area (Å²) in [7, 11) is 1.65. The van der Waals surface area contributed by atoms with Gasteiger partial charge in [-0.15, -0.1) is 0 Å². The van der Waals surface area contributed by atoms with Gasteiger partial charge in [-0.05, 0) is 40.0 Å². The third-order valence-corrected chi connectivity index (χ3v) is 3.84. The maximum absolute atomic E-state index is 13.0. The molecule has 0 fully saturated rings. The SMILES string of the molecule is COCCn1ncc(Br)c1C(Cc1ccc(F)cc1)NN. The predicted octanol–water partition coefficient (Wildman–Crippen LogP) is 2.18. The van der Waals surface area contributed by atoms with Gasteiger partial charge in [0, 0.05) is 7.11 Å². The smallest absolute Gasteiger partial charge is 0.123 e. The zero-order valence-electron chi connectivity index (χ0n) is 11.7. The molecule has 2 rings (SSSR count). The average Bonchev–Trinajstić information content (AvgIpc) is 2.85. The summed E-state index contributed by atoms with van der Waals surface area (Å²) in [5.74, 6) is 5.44. The Kier molecular flexibility index (Phi) is 5.86. The highest BCUT2D eigenvalue weighted by Crippen LogP contribution is 2.25. The standard InChI is InChI=1S/C14H18BrFN4O/c1-21-7-6-20-14(12(15)9-18-20)13(19-17)8-10-2-4-11(16)5-3-10/h2-5,9,13,19H,6-8,17H2,1H3. The van der Waals surface area contributed by atoms with E-state index in [9.17, 15) is 4.39 Å². The van der Waals surface area contributed by atoms with E-state index in [1.807, 2.05) is 4.68 Å². The zero-order valence-corrected chi connectivity index (χ0v) is 13.3. The zero-order chi connectivity index (χ0) is 15.2. The van der Waals surface area contributed by atoms with E-state index in [1.54, 1.807) is 25.4 Å². The Bertz CT molecular complexity index is 573. The van der Waals surface area contributed by atoms with Gasteiger partial charge < -0.3 is 4.74 Å². The van der Waals surface area contributed by atoms with E-state index < -0.39 is 0 Å². The Morgan fingerprint density at radius 2 is 2.14 bits per heavy atom. The molecule has 1 aromatic heterocycles. The molecule has 0 spiro atoms. The highest BCUT2D eigenvalue weighted by molar-refractivity contribution is 9.10. The summed E-state index contributed by atoms with van der Waals surface area (Å²) < 4.78 is 20.8. The molecule has 0 aliphatic rings. The monoisotopic (exact) mass is 356 g/mol. The molecular formula is C14H18BrFN4O. The number of halogens is 2. The van der Waals surface area contributed by atoms with Crippen molar-refractivity contribution in [2.24, 2.45) is 5.84 Å². The Labute approximate surface area is 131 Å². The van der Waals surface area contributed by atoms with Gasteiger partial charge in [0.2, 0.25) is 0 Å². The highest BCUT2D eigenvalue weighted by Gasteiger charge is 2.19. The van der Waals surface area contributed by atoms with E-state index >= 15 is 0 Å². The van der Waals surface area contributed by atoms with E-state index in [0.717, 1.165) is 15.7 Å². The first-order chi connectivity index (χ1) is 10.2. The second kappa shape index (κ2) is 7.65. The highest BCUT2D eigenvalue weighted by atomic mass is 79.9. The molecule has 114 valence electrons. The number of hydrogen-bond donors (Lipinski definition) is 2. The first kappa shape index (κ1) is 16.1. The van der Waals surface area contributed by atoms with Crippen LogP contribution in [0, 0.1) is 5.82 Å².